The Kier molecular flexibility index (Phi) is 6.53. The van der Waals surface area contributed by atoms with E-state index < -0.39 is 0 Å². The zero-order valence-electron chi connectivity index (χ0n) is 19.3. The second-order valence-electron chi connectivity index (χ2n) is 9.33. The molecule has 2 aliphatic rings. The van der Waals surface area contributed by atoms with Crippen LogP contribution in [0.1, 0.15) is 38.2 Å². The molecule has 1 saturated carbocycles. The minimum absolute atomic E-state index is 0.285. The number of nitrogens with zero attached hydrogens (tertiary/aromatic N) is 3. The maximum absolute atomic E-state index is 9.58. The first-order chi connectivity index (χ1) is 16.5. The highest BCUT2D eigenvalue weighted by molar-refractivity contribution is 6.35. The second-order valence-corrected chi connectivity index (χ2v) is 10.2. The summed E-state index contributed by atoms with van der Waals surface area (Å²) in [7, 11) is 0. The highest BCUT2D eigenvalue weighted by Gasteiger charge is 2.44. The van der Waals surface area contributed by atoms with Gasteiger partial charge in [0.2, 0.25) is 0 Å². The molecule has 0 spiro atoms. The smallest absolute Gasteiger partial charge is 0.0823 e. The zero-order valence-corrected chi connectivity index (χ0v) is 20.8. The molecule has 6 heteroatoms. The first-order valence-corrected chi connectivity index (χ1v) is 12.7. The van der Waals surface area contributed by atoms with Crippen molar-refractivity contribution in [3.05, 3.63) is 70.5 Å². The van der Waals surface area contributed by atoms with Crippen molar-refractivity contribution in [2.75, 3.05) is 24.5 Å². The molecule has 0 bridgehead atoms. The van der Waals surface area contributed by atoms with E-state index in [-0.39, 0.29) is 5.41 Å². The van der Waals surface area contributed by atoms with Gasteiger partial charge in [0.05, 0.1) is 17.2 Å². The second kappa shape index (κ2) is 9.58. The molecule has 5 rings (SSSR count). The predicted molar refractivity (Wildman–Crippen MR) is 141 cm³/mol. The normalized spacial score (nSPS) is 17.4. The van der Waals surface area contributed by atoms with Crippen molar-refractivity contribution in [2.24, 2.45) is 0 Å². The Balaban J connectivity index is 1.58. The molecule has 2 heterocycles. The van der Waals surface area contributed by atoms with Crippen molar-refractivity contribution in [3.8, 4) is 28.3 Å². The first-order valence-electron chi connectivity index (χ1n) is 12.0. The van der Waals surface area contributed by atoms with E-state index >= 15 is 0 Å². The van der Waals surface area contributed by atoms with E-state index in [0.29, 0.717) is 16.1 Å². The van der Waals surface area contributed by atoms with Crippen molar-refractivity contribution in [1.82, 2.24) is 10.3 Å². The van der Waals surface area contributed by atoms with Crippen LogP contribution in [0.3, 0.4) is 0 Å². The van der Waals surface area contributed by atoms with Crippen LogP contribution >= 0.6 is 23.2 Å². The topological polar surface area (TPSA) is 52.0 Å². The van der Waals surface area contributed by atoms with Gasteiger partial charge in [-0.2, -0.15) is 5.26 Å². The Hall–Kier alpha value is -2.58. The summed E-state index contributed by atoms with van der Waals surface area (Å²) in [6.45, 7) is 5.08. The standard InChI is InChI=1S/C28H28Cl2N4/c1-2-33-24-7-11-34(12-8-24)27-25(19-3-5-21(6-4-19)28(18-31)9-10-28)16-32-17-26(27)20-13-22(29)15-23(30)14-20/h3-6,13-17,24,33H,2,7-12H2,1H3. The van der Waals surface area contributed by atoms with Gasteiger partial charge in [0, 0.05) is 52.7 Å². The van der Waals surface area contributed by atoms with E-state index in [2.05, 4.69) is 52.5 Å². The lowest BCUT2D eigenvalue weighted by Gasteiger charge is -2.36. The third-order valence-corrected chi connectivity index (χ3v) is 7.54. The number of halogens is 2. The van der Waals surface area contributed by atoms with Gasteiger partial charge in [0.1, 0.15) is 0 Å². The van der Waals surface area contributed by atoms with Crippen molar-refractivity contribution in [3.63, 3.8) is 0 Å². The van der Waals surface area contributed by atoms with Crippen LogP contribution in [0.25, 0.3) is 22.3 Å². The lowest BCUT2D eigenvalue weighted by Crippen LogP contribution is -2.42. The van der Waals surface area contributed by atoms with E-state index in [1.54, 1.807) is 6.07 Å². The summed E-state index contributed by atoms with van der Waals surface area (Å²) in [6.07, 6.45) is 7.95. The van der Waals surface area contributed by atoms with Crippen LogP contribution in [0.2, 0.25) is 10.0 Å². The van der Waals surface area contributed by atoms with Crippen LogP contribution in [0.5, 0.6) is 0 Å². The molecule has 0 radical (unpaired) electrons. The summed E-state index contributed by atoms with van der Waals surface area (Å²) in [4.78, 5) is 7.09. The molecule has 1 aliphatic carbocycles. The number of aromatic nitrogens is 1. The molecule has 1 saturated heterocycles. The zero-order chi connectivity index (χ0) is 23.7. The van der Waals surface area contributed by atoms with E-state index in [1.165, 1.54) is 0 Å². The Morgan fingerprint density at radius 1 is 1.00 bits per heavy atom. The Bertz CT molecular complexity index is 1200. The quantitative estimate of drug-likeness (QED) is 0.410. The fourth-order valence-electron chi connectivity index (χ4n) is 5.08. The number of pyridine rings is 1. The molecule has 1 N–H and O–H groups in total. The summed E-state index contributed by atoms with van der Waals surface area (Å²) in [5.41, 5.74) is 6.17. The first kappa shape index (κ1) is 23.2. The van der Waals surface area contributed by atoms with Crippen LogP contribution in [0.15, 0.2) is 54.9 Å². The number of rotatable bonds is 6. The molecule has 34 heavy (non-hydrogen) atoms. The summed E-state index contributed by atoms with van der Waals surface area (Å²) in [5.74, 6) is 0. The highest BCUT2D eigenvalue weighted by Crippen LogP contribution is 2.48. The molecule has 0 amide bonds. The van der Waals surface area contributed by atoms with E-state index in [9.17, 15) is 5.26 Å². The third-order valence-electron chi connectivity index (χ3n) is 7.11. The van der Waals surface area contributed by atoms with Crippen molar-refractivity contribution >= 4 is 28.9 Å². The predicted octanol–water partition coefficient (Wildman–Crippen LogP) is 6.86. The summed E-state index contributed by atoms with van der Waals surface area (Å²) < 4.78 is 0. The van der Waals surface area contributed by atoms with E-state index in [1.807, 2.05) is 24.5 Å². The maximum atomic E-state index is 9.58. The van der Waals surface area contributed by atoms with Gasteiger partial charge in [-0.1, -0.05) is 54.4 Å². The number of nitriles is 1. The molecular weight excluding hydrogens is 463 g/mol. The molecule has 2 fully saturated rings. The summed E-state index contributed by atoms with van der Waals surface area (Å²) in [6, 6.07) is 17.2. The van der Waals surface area contributed by atoms with Gasteiger partial charge < -0.3 is 10.2 Å². The highest BCUT2D eigenvalue weighted by atomic mass is 35.5. The van der Waals surface area contributed by atoms with Gasteiger partial charge in [-0.3, -0.25) is 4.98 Å². The van der Waals surface area contributed by atoms with Crippen molar-refractivity contribution in [2.45, 2.75) is 44.1 Å². The monoisotopic (exact) mass is 490 g/mol. The van der Waals surface area contributed by atoms with E-state index in [0.717, 1.165) is 78.8 Å². The minimum Gasteiger partial charge on any atom is -0.370 e. The minimum atomic E-state index is -0.285. The fourth-order valence-corrected chi connectivity index (χ4v) is 5.61. The average molecular weight is 491 g/mol. The number of hydrogen-bond donors (Lipinski definition) is 1. The number of hydrogen-bond acceptors (Lipinski definition) is 4. The van der Waals surface area contributed by atoms with Gasteiger partial charge in [0.15, 0.2) is 0 Å². The Morgan fingerprint density at radius 2 is 1.62 bits per heavy atom. The number of anilines is 1. The molecule has 0 atom stereocenters. The molecule has 4 nitrogen and oxygen atoms in total. The summed E-state index contributed by atoms with van der Waals surface area (Å²) in [5, 5.41) is 14.4. The molecule has 0 unspecified atom stereocenters. The molecular formula is C28H28Cl2N4. The van der Waals surface area contributed by atoms with Crippen LogP contribution in [-0.4, -0.2) is 30.7 Å². The van der Waals surface area contributed by atoms with Gasteiger partial charge in [-0.05, 0) is 67.1 Å². The van der Waals surface area contributed by atoms with Gasteiger partial charge >= 0.3 is 0 Å². The van der Waals surface area contributed by atoms with E-state index in [4.69, 9.17) is 23.2 Å². The largest absolute Gasteiger partial charge is 0.370 e. The van der Waals surface area contributed by atoms with Crippen LogP contribution in [0.4, 0.5) is 5.69 Å². The summed E-state index contributed by atoms with van der Waals surface area (Å²) >= 11 is 12.8. The van der Waals surface area contributed by atoms with Crippen LogP contribution in [-0.2, 0) is 5.41 Å². The Labute approximate surface area is 211 Å². The lowest BCUT2D eigenvalue weighted by atomic mass is 9.92. The molecule has 3 aromatic rings. The van der Waals surface area contributed by atoms with Crippen LogP contribution < -0.4 is 10.2 Å². The van der Waals surface area contributed by atoms with Crippen molar-refractivity contribution in [1.29, 1.82) is 5.26 Å². The lowest BCUT2D eigenvalue weighted by molar-refractivity contribution is 0.424. The number of nitrogens with one attached hydrogen (secondary N) is 1. The van der Waals surface area contributed by atoms with Crippen molar-refractivity contribution < 1.29 is 0 Å². The SMILES string of the molecule is CCNC1CCN(c2c(-c3ccc(C4(C#N)CC4)cc3)cncc2-c2cc(Cl)cc(Cl)c2)CC1. The van der Waals surface area contributed by atoms with Gasteiger partial charge in [0.25, 0.3) is 0 Å². The van der Waals surface area contributed by atoms with Gasteiger partial charge in [-0.25, -0.2) is 0 Å². The molecule has 174 valence electrons. The molecule has 2 aromatic carbocycles. The number of piperidine rings is 1. The Morgan fingerprint density at radius 3 is 2.18 bits per heavy atom. The van der Waals surface area contributed by atoms with Gasteiger partial charge in [-0.15, -0.1) is 0 Å². The maximum Gasteiger partial charge on any atom is 0.0823 e. The number of benzene rings is 2. The molecule has 1 aliphatic heterocycles. The molecule has 1 aromatic heterocycles. The van der Waals surface area contributed by atoms with Crippen LogP contribution in [0, 0.1) is 11.3 Å². The fraction of sp³-hybridized carbons (Fsp3) is 0.357. The third kappa shape index (κ3) is 4.53. The average Bonchev–Trinajstić information content (AvgIpc) is 3.65.